The van der Waals surface area contributed by atoms with Crippen molar-refractivity contribution in [2.45, 2.75) is 13.3 Å². The van der Waals surface area contributed by atoms with Crippen LogP contribution in [0, 0.1) is 5.82 Å². The van der Waals surface area contributed by atoms with E-state index in [9.17, 15) is 9.18 Å². The normalized spacial score (nSPS) is 10.3. The van der Waals surface area contributed by atoms with E-state index in [0.717, 1.165) is 23.1 Å². The van der Waals surface area contributed by atoms with Gasteiger partial charge in [-0.25, -0.2) is 4.39 Å². The molecule has 2 aromatic rings. The van der Waals surface area contributed by atoms with Crippen LogP contribution in [0.25, 0.3) is 11.1 Å². The molecule has 2 rings (SSSR count). The zero-order chi connectivity index (χ0) is 13.1. The number of hydrogen-bond acceptors (Lipinski definition) is 1. The minimum Gasteiger partial charge on any atom is -0.366 e. The van der Waals surface area contributed by atoms with Crippen molar-refractivity contribution in [3.63, 3.8) is 0 Å². The molecule has 0 saturated heterocycles. The molecule has 0 heterocycles. The third-order valence-electron chi connectivity index (χ3n) is 2.93. The van der Waals surface area contributed by atoms with E-state index in [1.54, 1.807) is 24.3 Å². The van der Waals surface area contributed by atoms with Gasteiger partial charge in [0.15, 0.2) is 0 Å². The van der Waals surface area contributed by atoms with E-state index in [1.807, 2.05) is 13.0 Å². The maximum atomic E-state index is 12.9. The van der Waals surface area contributed by atoms with Crippen molar-refractivity contribution < 1.29 is 9.18 Å². The second-order valence-electron chi connectivity index (χ2n) is 4.10. The van der Waals surface area contributed by atoms with E-state index in [4.69, 9.17) is 5.73 Å². The quantitative estimate of drug-likeness (QED) is 0.884. The summed E-state index contributed by atoms with van der Waals surface area (Å²) in [6.07, 6.45) is 0.839. The first kappa shape index (κ1) is 12.3. The number of benzene rings is 2. The molecule has 0 atom stereocenters. The number of nitrogens with two attached hydrogens (primary N) is 1. The van der Waals surface area contributed by atoms with Crippen LogP contribution < -0.4 is 5.73 Å². The molecule has 18 heavy (non-hydrogen) atoms. The Hall–Kier alpha value is -2.16. The first-order valence-electron chi connectivity index (χ1n) is 5.80. The van der Waals surface area contributed by atoms with Crippen LogP contribution in [0.15, 0.2) is 42.5 Å². The van der Waals surface area contributed by atoms with Gasteiger partial charge in [0.1, 0.15) is 5.82 Å². The van der Waals surface area contributed by atoms with Gasteiger partial charge in [-0.3, -0.25) is 4.79 Å². The van der Waals surface area contributed by atoms with Crippen molar-refractivity contribution in [3.05, 3.63) is 59.4 Å². The SMILES string of the molecule is CCc1ccc(C(N)=O)cc1-c1ccc(F)cc1. The lowest BCUT2D eigenvalue weighted by Gasteiger charge is -2.09. The summed E-state index contributed by atoms with van der Waals surface area (Å²) >= 11 is 0. The van der Waals surface area contributed by atoms with Gasteiger partial charge >= 0.3 is 0 Å². The van der Waals surface area contributed by atoms with Gasteiger partial charge in [0.2, 0.25) is 5.91 Å². The Bertz CT molecular complexity index is 576. The van der Waals surface area contributed by atoms with E-state index in [1.165, 1.54) is 12.1 Å². The number of carbonyl (C=O) groups excluding carboxylic acids is 1. The standard InChI is InChI=1S/C15H14FNO/c1-2-10-3-4-12(15(17)18)9-14(10)11-5-7-13(16)8-6-11/h3-9H,2H2,1H3,(H2,17,18). The molecule has 2 nitrogen and oxygen atoms in total. The van der Waals surface area contributed by atoms with Gasteiger partial charge in [-0.15, -0.1) is 0 Å². The second kappa shape index (κ2) is 5.00. The van der Waals surface area contributed by atoms with Gasteiger partial charge in [0.05, 0.1) is 0 Å². The molecule has 0 saturated carbocycles. The summed E-state index contributed by atoms with van der Waals surface area (Å²) in [4.78, 5) is 11.2. The van der Waals surface area contributed by atoms with Crippen LogP contribution in [-0.4, -0.2) is 5.91 Å². The molecule has 0 spiro atoms. The van der Waals surface area contributed by atoms with Crippen LogP contribution in [0.4, 0.5) is 4.39 Å². The lowest BCUT2D eigenvalue weighted by Crippen LogP contribution is -2.11. The van der Waals surface area contributed by atoms with Crippen LogP contribution in [0.3, 0.4) is 0 Å². The van der Waals surface area contributed by atoms with Gasteiger partial charge in [-0.05, 0) is 47.4 Å². The van der Waals surface area contributed by atoms with Gasteiger partial charge in [-0.1, -0.05) is 25.1 Å². The first-order chi connectivity index (χ1) is 8.61. The number of primary amides is 1. The maximum absolute atomic E-state index is 12.9. The highest BCUT2D eigenvalue weighted by molar-refractivity contribution is 5.94. The molecular weight excluding hydrogens is 229 g/mol. The highest BCUT2D eigenvalue weighted by Gasteiger charge is 2.08. The molecule has 0 aliphatic rings. The van der Waals surface area contributed by atoms with Gasteiger partial charge in [0, 0.05) is 5.56 Å². The molecule has 1 amide bonds. The average Bonchev–Trinajstić information content (AvgIpc) is 2.39. The van der Waals surface area contributed by atoms with Gasteiger partial charge in [0.25, 0.3) is 0 Å². The smallest absolute Gasteiger partial charge is 0.248 e. The van der Waals surface area contributed by atoms with Crippen molar-refractivity contribution in [1.82, 2.24) is 0 Å². The minimum absolute atomic E-state index is 0.275. The molecule has 2 aromatic carbocycles. The summed E-state index contributed by atoms with van der Waals surface area (Å²) < 4.78 is 12.9. The molecule has 0 aliphatic heterocycles. The number of carbonyl (C=O) groups is 1. The van der Waals surface area contributed by atoms with Crippen molar-refractivity contribution in [2.24, 2.45) is 5.73 Å². The molecule has 0 radical (unpaired) electrons. The highest BCUT2D eigenvalue weighted by Crippen LogP contribution is 2.25. The average molecular weight is 243 g/mol. The molecule has 92 valence electrons. The van der Waals surface area contributed by atoms with Crippen molar-refractivity contribution in [1.29, 1.82) is 0 Å². The Balaban J connectivity index is 2.56. The molecule has 0 aliphatic carbocycles. The number of amides is 1. The fourth-order valence-electron chi connectivity index (χ4n) is 1.94. The van der Waals surface area contributed by atoms with E-state index < -0.39 is 5.91 Å². The molecular formula is C15H14FNO. The van der Waals surface area contributed by atoms with Crippen LogP contribution >= 0.6 is 0 Å². The largest absolute Gasteiger partial charge is 0.366 e. The first-order valence-corrected chi connectivity index (χ1v) is 5.80. The maximum Gasteiger partial charge on any atom is 0.248 e. The molecule has 0 fully saturated rings. The van der Waals surface area contributed by atoms with Crippen LogP contribution in [0.1, 0.15) is 22.8 Å². The van der Waals surface area contributed by atoms with Crippen molar-refractivity contribution in [3.8, 4) is 11.1 Å². The van der Waals surface area contributed by atoms with E-state index in [2.05, 4.69) is 0 Å². The van der Waals surface area contributed by atoms with Crippen LogP contribution in [0.5, 0.6) is 0 Å². The van der Waals surface area contributed by atoms with Crippen LogP contribution in [-0.2, 0) is 6.42 Å². The summed E-state index contributed by atoms with van der Waals surface area (Å²) in [5, 5.41) is 0. The zero-order valence-electron chi connectivity index (χ0n) is 10.1. The Kier molecular flexibility index (Phi) is 3.42. The summed E-state index contributed by atoms with van der Waals surface area (Å²) in [6.45, 7) is 2.03. The zero-order valence-corrected chi connectivity index (χ0v) is 10.1. The molecule has 0 bridgehead atoms. The molecule has 3 heteroatoms. The van der Waals surface area contributed by atoms with Crippen molar-refractivity contribution >= 4 is 5.91 Å². The predicted octanol–water partition coefficient (Wildman–Crippen LogP) is 3.15. The predicted molar refractivity (Wildman–Crippen MR) is 69.7 cm³/mol. The summed E-state index contributed by atoms with van der Waals surface area (Å²) in [5.41, 5.74) is 8.66. The van der Waals surface area contributed by atoms with E-state index >= 15 is 0 Å². The van der Waals surface area contributed by atoms with Gasteiger partial charge < -0.3 is 5.73 Å². The number of aryl methyl sites for hydroxylation is 1. The number of hydrogen-bond donors (Lipinski definition) is 1. The lowest BCUT2D eigenvalue weighted by atomic mass is 9.95. The summed E-state index contributed by atoms with van der Waals surface area (Å²) in [7, 11) is 0. The highest BCUT2D eigenvalue weighted by atomic mass is 19.1. The van der Waals surface area contributed by atoms with Gasteiger partial charge in [-0.2, -0.15) is 0 Å². The minimum atomic E-state index is -0.457. The second-order valence-corrected chi connectivity index (χ2v) is 4.10. The number of halogens is 1. The Morgan fingerprint density at radius 2 is 1.83 bits per heavy atom. The molecule has 2 N–H and O–H groups in total. The Morgan fingerprint density at radius 3 is 2.39 bits per heavy atom. The third kappa shape index (κ3) is 2.40. The van der Waals surface area contributed by atoms with Crippen LogP contribution in [0.2, 0.25) is 0 Å². The third-order valence-corrected chi connectivity index (χ3v) is 2.93. The van der Waals surface area contributed by atoms with E-state index in [0.29, 0.717) is 5.56 Å². The Morgan fingerprint density at radius 1 is 1.17 bits per heavy atom. The summed E-state index contributed by atoms with van der Waals surface area (Å²) in [6, 6.07) is 11.6. The fourth-order valence-corrected chi connectivity index (χ4v) is 1.94. The molecule has 0 aromatic heterocycles. The Labute approximate surface area is 105 Å². The van der Waals surface area contributed by atoms with Crippen molar-refractivity contribution in [2.75, 3.05) is 0 Å². The lowest BCUT2D eigenvalue weighted by molar-refractivity contribution is 0.100. The summed E-state index contributed by atoms with van der Waals surface area (Å²) in [5.74, 6) is -0.733. The van der Waals surface area contributed by atoms with E-state index in [-0.39, 0.29) is 5.82 Å². The fraction of sp³-hybridized carbons (Fsp3) is 0.133. The number of rotatable bonds is 3. The molecule has 0 unspecified atom stereocenters. The topological polar surface area (TPSA) is 43.1 Å². The monoisotopic (exact) mass is 243 g/mol.